The van der Waals surface area contributed by atoms with E-state index in [1.165, 1.54) is 6.33 Å². The average Bonchev–Trinajstić information content (AvgIpc) is 2.96. The number of rotatable bonds is 5. The normalized spacial score (nSPS) is 12.3. The molecule has 0 saturated heterocycles. The van der Waals surface area contributed by atoms with E-state index >= 15 is 0 Å². The number of fused-ring (bicyclic) bond motifs is 1. The molecule has 0 aliphatic rings. The molecule has 1 atom stereocenters. The SMILES string of the molecule is CNS(=O)c1ccc(N(C)C)c(Nc2ncnc3[nH]cc(Br)c23)c1. The van der Waals surface area contributed by atoms with Crippen LogP contribution in [0.25, 0.3) is 11.0 Å². The summed E-state index contributed by atoms with van der Waals surface area (Å²) < 4.78 is 15.7. The summed E-state index contributed by atoms with van der Waals surface area (Å²) in [5, 5.41) is 4.20. The number of benzene rings is 1. The van der Waals surface area contributed by atoms with E-state index in [1.807, 2.05) is 43.4 Å². The van der Waals surface area contributed by atoms with Gasteiger partial charge in [0.1, 0.15) is 28.8 Å². The first-order chi connectivity index (χ1) is 11.5. The molecule has 2 aromatic heterocycles. The summed E-state index contributed by atoms with van der Waals surface area (Å²) in [6, 6.07) is 5.63. The molecule has 3 rings (SSSR count). The Bertz CT molecular complexity index is 910. The molecule has 0 spiro atoms. The Labute approximate surface area is 150 Å². The molecule has 126 valence electrons. The van der Waals surface area contributed by atoms with Gasteiger partial charge in [-0.1, -0.05) is 0 Å². The van der Waals surface area contributed by atoms with Crippen LogP contribution in [0.2, 0.25) is 0 Å². The van der Waals surface area contributed by atoms with E-state index < -0.39 is 11.0 Å². The van der Waals surface area contributed by atoms with E-state index in [9.17, 15) is 4.21 Å². The van der Waals surface area contributed by atoms with Crippen molar-refractivity contribution in [1.82, 2.24) is 19.7 Å². The van der Waals surface area contributed by atoms with Crippen molar-refractivity contribution in [2.24, 2.45) is 0 Å². The highest BCUT2D eigenvalue weighted by Crippen LogP contribution is 2.33. The number of hydrogen-bond donors (Lipinski definition) is 3. The standard InChI is InChI=1S/C15H17BrN6OS/c1-17-24(23)9-4-5-12(22(2)3)11(6-9)21-15-13-10(16)7-18-14(13)19-8-20-15/h4-8,17H,1-3H3,(H2,18,19,20,21). The lowest BCUT2D eigenvalue weighted by molar-refractivity contribution is 0.678. The van der Waals surface area contributed by atoms with Crippen LogP contribution in [0.5, 0.6) is 0 Å². The Balaban J connectivity index is 2.10. The lowest BCUT2D eigenvalue weighted by Crippen LogP contribution is -2.14. The number of aromatic nitrogens is 3. The molecule has 3 aromatic rings. The van der Waals surface area contributed by atoms with E-state index in [-0.39, 0.29) is 0 Å². The van der Waals surface area contributed by atoms with Crippen molar-refractivity contribution in [2.75, 3.05) is 31.4 Å². The second-order valence-corrected chi connectivity index (χ2v) is 7.53. The molecule has 9 heteroatoms. The molecule has 0 amide bonds. The summed E-state index contributed by atoms with van der Waals surface area (Å²) in [5.41, 5.74) is 2.51. The van der Waals surface area contributed by atoms with E-state index in [0.717, 1.165) is 26.9 Å². The number of nitrogens with zero attached hydrogens (tertiary/aromatic N) is 3. The second kappa shape index (κ2) is 6.88. The van der Waals surface area contributed by atoms with Crippen LogP contribution in [0.1, 0.15) is 0 Å². The highest BCUT2D eigenvalue weighted by atomic mass is 79.9. The quantitative estimate of drug-likeness (QED) is 0.604. The van der Waals surface area contributed by atoms with Crippen molar-refractivity contribution in [3.05, 3.63) is 35.2 Å². The van der Waals surface area contributed by atoms with Gasteiger partial charge in [-0.05, 0) is 41.2 Å². The fourth-order valence-corrected chi connectivity index (χ4v) is 3.53. The van der Waals surface area contributed by atoms with Gasteiger partial charge in [0.2, 0.25) is 0 Å². The van der Waals surface area contributed by atoms with Crippen molar-refractivity contribution in [1.29, 1.82) is 0 Å². The molecular weight excluding hydrogens is 392 g/mol. The van der Waals surface area contributed by atoms with Crippen LogP contribution in [-0.4, -0.2) is 40.3 Å². The van der Waals surface area contributed by atoms with Crippen molar-refractivity contribution in [3.63, 3.8) is 0 Å². The molecule has 1 aromatic carbocycles. The van der Waals surface area contributed by atoms with Gasteiger partial charge in [-0.2, -0.15) is 0 Å². The van der Waals surface area contributed by atoms with Crippen molar-refractivity contribution < 1.29 is 4.21 Å². The van der Waals surface area contributed by atoms with Gasteiger partial charge in [-0.3, -0.25) is 0 Å². The largest absolute Gasteiger partial charge is 0.376 e. The number of anilines is 3. The van der Waals surface area contributed by atoms with E-state index in [4.69, 9.17) is 0 Å². The molecule has 24 heavy (non-hydrogen) atoms. The third-order valence-electron chi connectivity index (χ3n) is 3.52. The number of hydrogen-bond acceptors (Lipinski definition) is 5. The molecule has 0 aliphatic carbocycles. The maximum absolute atomic E-state index is 12.0. The molecule has 0 saturated carbocycles. The maximum atomic E-state index is 12.0. The third kappa shape index (κ3) is 3.14. The minimum atomic E-state index is -1.26. The van der Waals surface area contributed by atoms with Gasteiger partial charge < -0.3 is 15.2 Å². The average molecular weight is 409 g/mol. The van der Waals surface area contributed by atoms with Gasteiger partial charge in [-0.15, -0.1) is 0 Å². The van der Waals surface area contributed by atoms with Gasteiger partial charge in [0, 0.05) is 24.8 Å². The summed E-state index contributed by atoms with van der Waals surface area (Å²) >= 11 is 3.51. The summed E-state index contributed by atoms with van der Waals surface area (Å²) in [4.78, 5) is 14.3. The molecule has 0 bridgehead atoms. The summed E-state index contributed by atoms with van der Waals surface area (Å²) in [6.45, 7) is 0. The minimum absolute atomic E-state index is 0.670. The van der Waals surface area contributed by atoms with Crippen molar-refractivity contribution >= 4 is 55.1 Å². The summed E-state index contributed by atoms with van der Waals surface area (Å²) in [5.74, 6) is 0.670. The van der Waals surface area contributed by atoms with Gasteiger partial charge >= 0.3 is 0 Å². The van der Waals surface area contributed by atoms with Crippen LogP contribution in [0.3, 0.4) is 0 Å². The molecule has 0 aliphatic heterocycles. The second-order valence-electron chi connectivity index (χ2n) is 5.25. The number of nitrogens with one attached hydrogen (secondary N) is 3. The Morgan fingerprint density at radius 3 is 2.79 bits per heavy atom. The van der Waals surface area contributed by atoms with Gasteiger partial charge in [-0.25, -0.2) is 18.9 Å². The lowest BCUT2D eigenvalue weighted by Gasteiger charge is -2.19. The zero-order valence-electron chi connectivity index (χ0n) is 13.4. The Morgan fingerprint density at radius 2 is 2.08 bits per heavy atom. The maximum Gasteiger partial charge on any atom is 0.144 e. The van der Waals surface area contributed by atoms with Crippen molar-refractivity contribution in [3.8, 4) is 0 Å². The highest BCUT2D eigenvalue weighted by molar-refractivity contribution is 9.10. The van der Waals surface area contributed by atoms with Crippen LogP contribution < -0.4 is 14.9 Å². The van der Waals surface area contributed by atoms with Crippen LogP contribution in [0.4, 0.5) is 17.2 Å². The lowest BCUT2D eigenvalue weighted by atomic mass is 10.2. The van der Waals surface area contributed by atoms with Crippen molar-refractivity contribution in [2.45, 2.75) is 4.90 Å². The topological polar surface area (TPSA) is 85.9 Å². The minimum Gasteiger partial charge on any atom is -0.376 e. The zero-order chi connectivity index (χ0) is 17.3. The first-order valence-corrected chi connectivity index (χ1v) is 9.10. The first-order valence-electron chi connectivity index (χ1n) is 7.16. The van der Waals surface area contributed by atoms with Gasteiger partial charge in [0.05, 0.1) is 21.7 Å². The molecule has 7 nitrogen and oxygen atoms in total. The number of halogens is 1. The third-order valence-corrected chi connectivity index (χ3v) is 5.20. The molecule has 2 heterocycles. The first kappa shape index (κ1) is 16.9. The fraction of sp³-hybridized carbons (Fsp3) is 0.200. The van der Waals surface area contributed by atoms with Crippen LogP contribution in [-0.2, 0) is 11.0 Å². The molecule has 0 radical (unpaired) electrons. The zero-order valence-corrected chi connectivity index (χ0v) is 15.8. The van der Waals surface area contributed by atoms with Crippen LogP contribution in [0, 0.1) is 0 Å². The fourth-order valence-electron chi connectivity index (χ4n) is 2.39. The molecule has 1 unspecified atom stereocenters. The van der Waals surface area contributed by atoms with Crippen LogP contribution >= 0.6 is 15.9 Å². The highest BCUT2D eigenvalue weighted by Gasteiger charge is 2.14. The smallest absolute Gasteiger partial charge is 0.144 e. The van der Waals surface area contributed by atoms with Gasteiger partial charge in [0.25, 0.3) is 0 Å². The molecular formula is C15H17BrN6OS. The monoisotopic (exact) mass is 408 g/mol. The van der Waals surface area contributed by atoms with E-state index in [1.54, 1.807) is 7.05 Å². The summed E-state index contributed by atoms with van der Waals surface area (Å²) in [7, 11) is 4.31. The number of aromatic amines is 1. The Kier molecular flexibility index (Phi) is 4.83. The Morgan fingerprint density at radius 1 is 1.29 bits per heavy atom. The Hall–Kier alpha value is -1.97. The summed E-state index contributed by atoms with van der Waals surface area (Å²) in [6.07, 6.45) is 3.32. The predicted octanol–water partition coefficient (Wildman–Crippen LogP) is 2.77. The van der Waals surface area contributed by atoms with Gasteiger partial charge in [0.15, 0.2) is 0 Å². The van der Waals surface area contributed by atoms with E-state index in [0.29, 0.717) is 10.7 Å². The predicted molar refractivity (Wildman–Crippen MR) is 101 cm³/mol. The number of H-pyrrole nitrogens is 1. The molecule has 0 fully saturated rings. The van der Waals surface area contributed by atoms with E-state index in [2.05, 4.69) is 40.9 Å². The molecule has 3 N–H and O–H groups in total. The van der Waals surface area contributed by atoms with Crippen LogP contribution in [0.15, 0.2) is 40.1 Å².